The Morgan fingerprint density at radius 2 is 1.52 bits per heavy atom. The van der Waals surface area contributed by atoms with Gasteiger partial charge in [-0.1, -0.05) is 76.3 Å². The SMILES string of the molecule is CC(C)CC(NC(=O)C1CCCN1C(=O)CCCCCNC(=O)C(N)CS)C(=O)NC(Cc1cnc[nH]1)C(=O)NC(CO)C(=O)NC(C(N)=O)C(C)OP(=O)(O)OCCCCCCCCc1ccccc1. The Morgan fingerprint density at radius 1 is 0.873 bits per heavy atom. The number of nitrogens with one attached hydrogen (secondary N) is 6. The number of thiol groups is 1. The third-order valence-corrected chi connectivity index (χ3v) is 13.4. The zero-order valence-corrected chi connectivity index (χ0v) is 43.0. The van der Waals surface area contributed by atoms with Gasteiger partial charge in [-0.15, -0.1) is 0 Å². The van der Waals surface area contributed by atoms with E-state index in [4.69, 9.17) is 20.5 Å². The van der Waals surface area contributed by atoms with E-state index in [0.29, 0.717) is 57.3 Å². The number of nitrogens with two attached hydrogens (primary N) is 2. The summed E-state index contributed by atoms with van der Waals surface area (Å²) in [6.45, 7) is 4.58. The maximum atomic E-state index is 14.0. The first kappa shape index (κ1) is 60.4. The summed E-state index contributed by atoms with van der Waals surface area (Å²) in [5.41, 5.74) is 12.9. The minimum Gasteiger partial charge on any atom is -0.394 e. The molecule has 1 aliphatic rings. The fraction of sp³-hybridized carbons (Fsp3) is 0.660. The number of primary amides is 1. The van der Waals surface area contributed by atoms with Crippen LogP contribution in [-0.4, -0.2) is 141 Å². The molecule has 0 radical (unpaired) electrons. The second kappa shape index (κ2) is 32.2. The van der Waals surface area contributed by atoms with E-state index >= 15 is 0 Å². The van der Waals surface area contributed by atoms with Crippen molar-refractivity contribution in [3.63, 3.8) is 0 Å². The number of amides is 7. The number of H-pyrrole nitrogens is 1. The Bertz CT molecular complexity index is 2020. The fourth-order valence-corrected chi connectivity index (χ4v) is 9.09. The van der Waals surface area contributed by atoms with Gasteiger partial charge in [0.1, 0.15) is 30.2 Å². The summed E-state index contributed by atoms with van der Waals surface area (Å²) in [4.78, 5) is 111. The predicted molar refractivity (Wildman–Crippen MR) is 268 cm³/mol. The molecular formula is C47H77N10O12PS. The number of imidazole rings is 1. The van der Waals surface area contributed by atoms with Crippen LogP contribution in [0.25, 0.3) is 0 Å². The standard InChI is InChI=1S/C47H77N10O12PS/c1-31(2)25-36(54-47(65)39-20-16-23-57(39)40(59)21-13-9-14-22-51-43(61)35(48)29-71)44(62)53-37(26-34-27-50-30-52-34)45(63)55-38(28-58)46(64)56-41(42(49)60)32(3)69-70(66,67)68-24-15-7-5-4-6-10-17-33-18-11-8-12-19-33/h8,11-12,18-19,27,30-32,35-39,41,58,71H,4-7,9-10,13-17,20-26,28-29,48H2,1-3H3,(H2,49,60)(H,50,52)(H,51,61)(H,53,62)(H,54,65)(H,55,63)(H,56,64)(H,66,67). The number of aryl methyl sites for hydroxylation is 1. The molecule has 2 aromatic rings. The normalized spacial score (nSPS) is 17.0. The molecule has 8 unspecified atom stereocenters. The van der Waals surface area contributed by atoms with Crippen molar-refractivity contribution in [1.82, 2.24) is 41.5 Å². The van der Waals surface area contributed by atoms with Gasteiger partial charge in [0.2, 0.25) is 41.4 Å². The van der Waals surface area contributed by atoms with E-state index in [0.717, 1.165) is 38.5 Å². The number of likely N-dealkylation sites (tertiary alicyclic amines) is 1. The molecule has 1 aromatic heterocycles. The summed E-state index contributed by atoms with van der Waals surface area (Å²) in [7, 11) is -4.73. The van der Waals surface area contributed by atoms with Gasteiger partial charge in [0.25, 0.3) is 0 Å². The summed E-state index contributed by atoms with van der Waals surface area (Å²) in [5.74, 6) is -4.86. The van der Waals surface area contributed by atoms with Gasteiger partial charge in [0.15, 0.2) is 0 Å². The number of aromatic nitrogens is 2. The number of carbonyl (C=O) groups is 7. The van der Waals surface area contributed by atoms with E-state index in [9.17, 15) is 48.1 Å². The van der Waals surface area contributed by atoms with E-state index in [2.05, 4.69) is 61.3 Å². The van der Waals surface area contributed by atoms with Crippen LogP contribution in [0.3, 0.4) is 0 Å². The topological polar surface area (TPSA) is 340 Å². The third kappa shape index (κ3) is 22.6. The molecule has 22 nitrogen and oxygen atoms in total. The smallest absolute Gasteiger partial charge is 0.394 e. The lowest BCUT2D eigenvalue weighted by Crippen LogP contribution is -2.61. The monoisotopic (exact) mass is 1040 g/mol. The Labute approximate surface area is 422 Å². The lowest BCUT2D eigenvalue weighted by molar-refractivity contribution is -0.140. The summed E-state index contributed by atoms with van der Waals surface area (Å²) in [6.07, 6.45) is 10.5. The number of benzene rings is 1. The van der Waals surface area contributed by atoms with Crippen LogP contribution in [0.1, 0.15) is 115 Å². The van der Waals surface area contributed by atoms with Crippen molar-refractivity contribution in [3.05, 3.63) is 54.1 Å². The lowest BCUT2D eigenvalue weighted by atomic mass is 10.0. The number of phosphoric acid groups is 1. The highest BCUT2D eigenvalue weighted by Gasteiger charge is 2.38. The maximum absolute atomic E-state index is 14.0. The number of hydrogen-bond acceptors (Lipinski definition) is 14. The van der Waals surface area contributed by atoms with Crippen molar-refractivity contribution in [2.75, 3.05) is 32.1 Å². The van der Waals surface area contributed by atoms with Gasteiger partial charge in [-0.25, -0.2) is 9.55 Å². The number of phosphoric ester groups is 1. The van der Waals surface area contributed by atoms with Crippen LogP contribution in [-0.2, 0) is 60.0 Å². The molecule has 12 N–H and O–H groups in total. The summed E-state index contributed by atoms with van der Waals surface area (Å²) >= 11 is 4.02. The third-order valence-electron chi connectivity index (χ3n) is 11.9. The molecule has 3 rings (SSSR count). The Morgan fingerprint density at radius 3 is 2.17 bits per heavy atom. The molecule has 1 aromatic carbocycles. The molecule has 7 amide bonds. The summed E-state index contributed by atoms with van der Waals surface area (Å²) in [6, 6.07) is 2.71. The van der Waals surface area contributed by atoms with Crippen LogP contribution in [0.4, 0.5) is 0 Å². The Balaban J connectivity index is 1.56. The van der Waals surface area contributed by atoms with Crippen molar-refractivity contribution < 1.29 is 57.2 Å². The van der Waals surface area contributed by atoms with Gasteiger partial charge in [-0.05, 0) is 69.8 Å². The maximum Gasteiger partial charge on any atom is 0.472 e. The first-order valence-electron chi connectivity index (χ1n) is 24.6. The minimum absolute atomic E-state index is 0.0990. The molecular weight excluding hydrogens is 960 g/mol. The number of unbranched alkanes of at least 4 members (excludes halogenated alkanes) is 7. The molecule has 24 heteroatoms. The van der Waals surface area contributed by atoms with Crippen LogP contribution >= 0.6 is 20.5 Å². The van der Waals surface area contributed by atoms with Crippen molar-refractivity contribution in [1.29, 1.82) is 0 Å². The largest absolute Gasteiger partial charge is 0.472 e. The number of aromatic amines is 1. The Kier molecular flexibility index (Phi) is 27.4. The summed E-state index contributed by atoms with van der Waals surface area (Å²) < 4.78 is 23.1. The molecule has 0 saturated carbocycles. The molecule has 2 heterocycles. The van der Waals surface area contributed by atoms with E-state index < -0.39 is 86.3 Å². The molecule has 0 aliphatic carbocycles. The van der Waals surface area contributed by atoms with Crippen LogP contribution in [0, 0.1) is 5.92 Å². The van der Waals surface area contributed by atoms with Gasteiger partial charge in [0, 0.05) is 43.6 Å². The van der Waals surface area contributed by atoms with Crippen molar-refractivity contribution >= 4 is 61.8 Å². The molecule has 1 fully saturated rings. The second-order valence-electron chi connectivity index (χ2n) is 18.3. The second-order valence-corrected chi connectivity index (χ2v) is 20.0. The number of hydrogen-bond donors (Lipinski definition) is 11. The quantitative estimate of drug-likeness (QED) is 0.0265. The zero-order chi connectivity index (χ0) is 52.3. The van der Waals surface area contributed by atoms with E-state index in [1.807, 2.05) is 32.0 Å². The van der Waals surface area contributed by atoms with E-state index in [1.54, 1.807) is 0 Å². The number of aliphatic hydroxyl groups is 1. The average Bonchev–Trinajstić information content (AvgIpc) is 4.05. The van der Waals surface area contributed by atoms with Gasteiger partial charge < -0.3 is 57.9 Å². The highest BCUT2D eigenvalue weighted by atomic mass is 32.1. The van der Waals surface area contributed by atoms with Gasteiger partial charge in [-0.3, -0.25) is 42.6 Å². The van der Waals surface area contributed by atoms with Crippen LogP contribution in [0.2, 0.25) is 0 Å². The first-order valence-corrected chi connectivity index (χ1v) is 26.7. The van der Waals surface area contributed by atoms with Crippen molar-refractivity contribution in [2.24, 2.45) is 17.4 Å². The van der Waals surface area contributed by atoms with E-state index in [-0.39, 0.29) is 49.4 Å². The molecule has 0 spiro atoms. The van der Waals surface area contributed by atoms with Crippen molar-refractivity contribution in [3.8, 4) is 0 Å². The number of carbonyl (C=O) groups excluding carboxylic acids is 7. The zero-order valence-electron chi connectivity index (χ0n) is 41.2. The van der Waals surface area contributed by atoms with Gasteiger partial charge >= 0.3 is 7.82 Å². The molecule has 398 valence electrons. The Hall–Kier alpha value is -4.90. The van der Waals surface area contributed by atoms with Crippen molar-refractivity contribution in [2.45, 2.75) is 159 Å². The highest BCUT2D eigenvalue weighted by Crippen LogP contribution is 2.45. The fourth-order valence-electron chi connectivity index (χ4n) is 7.96. The van der Waals surface area contributed by atoms with Gasteiger partial charge in [0.05, 0.1) is 31.7 Å². The lowest BCUT2D eigenvalue weighted by Gasteiger charge is -2.29. The average molecular weight is 1040 g/mol. The number of nitrogens with zero attached hydrogens (tertiary/aromatic N) is 2. The predicted octanol–water partition coefficient (Wildman–Crippen LogP) is 1.45. The van der Waals surface area contributed by atoms with Crippen LogP contribution in [0.5, 0.6) is 0 Å². The minimum atomic E-state index is -4.73. The molecule has 8 atom stereocenters. The molecule has 1 aliphatic heterocycles. The van der Waals surface area contributed by atoms with Crippen LogP contribution < -0.4 is 38.1 Å². The van der Waals surface area contributed by atoms with Gasteiger partial charge in [-0.2, -0.15) is 12.6 Å². The molecule has 0 bridgehead atoms. The number of aliphatic hydroxyl groups excluding tert-OH is 1. The molecule has 71 heavy (non-hydrogen) atoms. The van der Waals surface area contributed by atoms with E-state index in [1.165, 1.54) is 29.9 Å². The van der Waals surface area contributed by atoms with Crippen LogP contribution in [0.15, 0.2) is 42.9 Å². The first-order chi connectivity index (χ1) is 33.8. The highest BCUT2D eigenvalue weighted by molar-refractivity contribution is 7.80. The number of rotatable bonds is 35. The molecule has 1 saturated heterocycles. The summed E-state index contributed by atoms with van der Waals surface area (Å²) in [5, 5.41) is 23.0.